The molecule has 4 nitrogen and oxygen atoms in total. The van der Waals surface area contributed by atoms with Crippen LogP contribution in [0.4, 0.5) is 0 Å². The number of benzene rings is 1. The average molecular weight is 338 g/mol. The molecule has 1 aromatic carbocycles. The summed E-state index contributed by atoms with van der Waals surface area (Å²) in [7, 11) is 1.56. The molecule has 0 N–H and O–H groups in total. The van der Waals surface area contributed by atoms with Gasteiger partial charge < -0.3 is 14.1 Å². The number of hydrogen-bond donors (Lipinski definition) is 0. The van der Waals surface area contributed by atoms with E-state index in [0.29, 0.717) is 24.4 Å². The zero-order valence-electron chi connectivity index (χ0n) is 11.4. The molecule has 5 heteroatoms. The van der Waals surface area contributed by atoms with Crippen molar-refractivity contribution in [2.75, 3.05) is 13.7 Å². The molecule has 0 saturated heterocycles. The molecule has 1 amide bonds. The van der Waals surface area contributed by atoms with E-state index in [1.807, 2.05) is 25.1 Å². The van der Waals surface area contributed by atoms with Gasteiger partial charge in [-0.05, 0) is 37.3 Å². The van der Waals surface area contributed by atoms with Crippen LogP contribution >= 0.6 is 15.9 Å². The Hall–Kier alpha value is -1.75. The summed E-state index contributed by atoms with van der Waals surface area (Å²) in [5.74, 6) is 1.24. The second kappa shape index (κ2) is 6.61. The monoisotopic (exact) mass is 337 g/mol. The van der Waals surface area contributed by atoms with Crippen LogP contribution in [0.15, 0.2) is 45.5 Å². The van der Waals surface area contributed by atoms with Gasteiger partial charge in [0, 0.05) is 11.0 Å². The maximum absolute atomic E-state index is 12.6. The molecule has 0 aliphatic heterocycles. The molecule has 2 rings (SSSR count). The minimum atomic E-state index is -0.0757. The lowest BCUT2D eigenvalue weighted by Crippen LogP contribution is -2.30. The number of nitrogens with zero attached hydrogens (tertiary/aromatic N) is 1. The fraction of sp³-hybridized carbons (Fsp3) is 0.267. The van der Waals surface area contributed by atoms with E-state index in [1.54, 1.807) is 30.4 Å². The second-order valence-electron chi connectivity index (χ2n) is 4.24. The molecule has 0 saturated carbocycles. The first-order valence-corrected chi connectivity index (χ1v) is 7.10. The molecule has 0 fully saturated rings. The average Bonchev–Trinajstić information content (AvgIpc) is 2.96. The number of rotatable bonds is 5. The van der Waals surface area contributed by atoms with Crippen LogP contribution in [-0.2, 0) is 6.54 Å². The van der Waals surface area contributed by atoms with Gasteiger partial charge in [-0.2, -0.15) is 0 Å². The number of furan rings is 1. The summed E-state index contributed by atoms with van der Waals surface area (Å²) in [6.07, 6.45) is 1.61. The van der Waals surface area contributed by atoms with E-state index in [9.17, 15) is 4.79 Å². The molecular formula is C15H16BrNO3. The smallest absolute Gasteiger partial charge is 0.258 e. The summed E-state index contributed by atoms with van der Waals surface area (Å²) in [6.45, 7) is 2.98. The zero-order chi connectivity index (χ0) is 14.5. The molecule has 1 aromatic heterocycles. The molecule has 0 bridgehead atoms. The van der Waals surface area contributed by atoms with Gasteiger partial charge in [0.15, 0.2) is 0 Å². The van der Waals surface area contributed by atoms with Gasteiger partial charge in [0.05, 0.1) is 25.5 Å². The van der Waals surface area contributed by atoms with Crippen molar-refractivity contribution < 1.29 is 13.9 Å². The third-order valence-electron chi connectivity index (χ3n) is 2.99. The second-order valence-corrected chi connectivity index (χ2v) is 5.16. The van der Waals surface area contributed by atoms with Crippen LogP contribution in [0.25, 0.3) is 0 Å². The lowest BCUT2D eigenvalue weighted by molar-refractivity contribution is 0.0738. The number of methoxy groups -OCH3 is 1. The first kappa shape index (κ1) is 14.7. The quantitative estimate of drug-likeness (QED) is 0.835. The Morgan fingerprint density at radius 2 is 2.20 bits per heavy atom. The Labute approximate surface area is 126 Å². The Bertz CT molecular complexity index is 581. The highest BCUT2D eigenvalue weighted by Crippen LogP contribution is 2.25. The van der Waals surface area contributed by atoms with Crippen molar-refractivity contribution in [3.63, 3.8) is 0 Å². The predicted octanol–water partition coefficient (Wildman–Crippen LogP) is 3.71. The number of carbonyl (C=O) groups excluding carboxylic acids is 1. The van der Waals surface area contributed by atoms with Gasteiger partial charge in [-0.3, -0.25) is 4.79 Å². The Balaban J connectivity index is 2.24. The molecular weight excluding hydrogens is 322 g/mol. The number of hydrogen-bond acceptors (Lipinski definition) is 3. The summed E-state index contributed by atoms with van der Waals surface area (Å²) in [5, 5.41) is 0. The summed E-state index contributed by atoms with van der Waals surface area (Å²) in [4.78, 5) is 14.3. The molecule has 0 aliphatic carbocycles. The standard InChI is InChI=1S/C15H16BrNO3/c1-3-17(10-12-5-4-8-20-12)15(18)13-7-6-11(16)9-14(13)19-2/h4-9H,3,10H2,1-2H3. The van der Waals surface area contributed by atoms with Crippen LogP contribution in [0.2, 0.25) is 0 Å². The van der Waals surface area contributed by atoms with Crippen LogP contribution in [0, 0.1) is 0 Å². The molecule has 0 radical (unpaired) electrons. The largest absolute Gasteiger partial charge is 0.496 e. The van der Waals surface area contributed by atoms with E-state index < -0.39 is 0 Å². The van der Waals surface area contributed by atoms with E-state index in [-0.39, 0.29) is 5.91 Å². The maximum atomic E-state index is 12.6. The van der Waals surface area contributed by atoms with Crippen molar-refractivity contribution >= 4 is 21.8 Å². The summed E-state index contributed by atoms with van der Waals surface area (Å²) in [5.41, 5.74) is 0.545. The number of amides is 1. The van der Waals surface area contributed by atoms with Gasteiger partial charge >= 0.3 is 0 Å². The first-order valence-electron chi connectivity index (χ1n) is 6.31. The summed E-state index contributed by atoms with van der Waals surface area (Å²) >= 11 is 3.37. The molecule has 0 aliphatic rings. The topological polar surface area (TPSA) is 42.7 Å². The van der Waals surface area contributed by atoms with Gasteiger partial charge in [-0.25, -0.2) is 0 Å². The fourth-order valence-electron chi connectivity index (χ4n) is 1.93. The fourth-order valence-corrected chi connectivity index (χ4v) is 2.27. The van der Waals surface area contributed by atoms with E-state index in [2.05, 4.69) is 15.9 Å². The van der Waals surface area contributed by atoms with Crippen LogP contribution in [-0.4, -0.2) is 24.5 Å². The third kappa shape index (κ3) is 3.22. The van der Waals surface area contributed by atoms with Crippen molar-refractivity contribution in [1.82, 2.24) is 4.90 Å². The Kier molecular flexibility index (Phi) is 4.84. The van der Waals surface area contributed by atoms with Gasteiger partial charge in [0.25, 0.3) is 5.91 Å². The predicted molar refractivity (Wildman–Crippen MR) is 79.8 cm³/mol. The lowest BCUT2D eigenvalue weighted by Gasteiger charge is -2.21. The highest BCUT2D eigenvalue weighted by molar-refractivity contribution is 9.10. The van der Waals surface area contributed by atoms with Crippen molar-refractivity contribution in [2.45, 2.75) is 13.5 Å². The van der Waals surface area contributed by atoms with Gasteiger partial charge in [0.1, 0.15) is 11.5 Å². The van der Waals surface area contributed by atoms with Crippen LogP contribution < -0.4 is 4.74 Å². The highest BCUT2D eigenvalue weighted by Gasteiger charge is 2.19. The number of carbonyl (C=O) groups is 1. The summed E-state index contributed by atoms with van der Waals surface area (Å²) < 4.78 is 11.4. The van der Waals surface area contributed by atoms with E-state index in [0.717, 1.165) is 10.2 Å². The van der Waals surface area contributed by atoms with Crippen molar-refractivity contribution in [3.8, 4) is 5.75 Å². The van der Waals surface area contributed by atoms with Crippen LogP contribution in [0.5, 0.6) is 5.75 Å². The maximum Gasteiger partial charge on any atom is 0.258 e. The Morgan fingerprint density at radius 3 is 2.80 bits per heavy atom. The first-order chi connectivity index (χ1) is 9.65. The minimum absolute atomic E-state index is 0.0757. The minimum Gasteiger partial charge on any atom is -0.496 e. The molecule has 2 aromatic rings. The molecule has 0 unspecified atom stereocenters. The van der Waals surface area contributed by atoms with Gasteiger partial charge in [-0.1, -0.05) is 15.9 Å². The highest BCUT2D eigenvalue weighted by atomic mass is 79.9. The third-order valence-corrected chi connectivity index (χ3v) is 3.48. The normalized spacial score (nSPS) is 10.3. The molecule has 20 heavy (non-hydrogen) atoms. The molecule has 0 atom stereocenters. The molecule has 1 heterocycles. The van der Waals surface area contributed by atoms with Crippen LogP contribution in [0.1, 0.15) is 23.0 Å². The van der Waals surface area contributed by atoms with Crippen molar-refractivity contribution in [2.24, 2.45) is 0 Å². The van der Waals surface area contributed by atoms with E-state index in [4.69, 9.17) is 9.15 Å². The van der Waals surface area contributed by atoms with Gasteiger partial charge in [0.2, 0.25) is 0 Å². The Morgan fingerprint density at radius 1 is 1.40 bits per heavy atom. The van der Waals surface area contributed by atoms with E-state index in [1.165, 1.54) is 0 Å². The molecule has 106 valence electrons. The van der Waals surface area contributed by atoms with E-state index >= 15 is 0 Å². The van der Waals surface area contributed by atoms with Crippen LogP contribution in [0.3, 0.4) is 0 Å². The number of ether oxygens (including phenoxy) is 1. The van der Waals surface area contributed by atoms with Crippen molar-refractivity contribution in [3.05, 3.63) is 52.4 Å². The summed E-state index contributed by atoms with van der Waals surface area (Å²) in [6, 6.07) is 9.04. The zero-order valence-corrected chi connectivity index (χ0v) is 13.0. The molecule has 0 spiro atoms. The SMILES string of the molecule is CCN(Cc1ccco1)C(=O)c1ccc(Br)cc1OC. The number of halogens is 1. The lowest BCUT2D eigenvalue weighted by atomic mass is 10.1. The van der Waals surface area contributed by atoms with Crippen molar-refractivity contribution in [1.29, 1.82) is 0 Å². The van der Waals surface area contributed by atoms with Gasteiger partial charge in [-0.15, -0.1) is 0 Å².